The Morgan fingerprint density at radius 1 is 1.26 bits per heavy atom. The number of carbonyl (C=O) groups is 1. The molecule has 0 aromatic rings. The van der Waals surface area contributed by atoms with E-state index in [1.54, 1.807) is 6.92 Å². The van der Waals surface area contributed by atoms with Gasteiger partial charge in [-0.25, -0.2) is 0 Å². The van der Waals surface area contributed by atoms with Gasteiger partial charge in [0, 0.05) is 19.5 Å². The second kappa shape index (κ2) is 7.25. The van der Waals surface area contributed by atoms with Crippen LogP contribution in [0.5, 0.6) is 0 Å². The third-order valence-corrected chi connectivity index (χ3v) is 2.82. The minimum atomic E-state index is -0.883. The Morgan fingerprint density at radius 3 is 2.21 bits per heavy atom. The van der Waals surface area contributed by atoms with E-state index < -0.39 is 5.60 Å². The monoisotopic (exact) mass is 272 g/mol. The predicted molar refractivity (Wildman–Crippen MR) is 80.0 cm³/mol. The molecular weight excluding hydrogens is 240 g/mol. The SMILES string of the molecule is CC(CC(=O)NCC(C)(O)CN(C)C)CC(C)(C)C. The van der Waals surface area contributed by atoms with Gasteiger partial charge in [-0.3, -0.25) is 4.79 Å². The highest BCUT2D eigenvalue weighted by Gasteiger charge is 2.23. The highest BCUT2D eigenvalue weighted by Crippen LogP contribution is 2.25. The van der Waals surface area contributed by atoms with Crippen LogP contribution in [0.15, 0.2) is 0 Å². The lowest BCUT2D eigenvalue weighted by atomic mass is 9.84. The molecule has 0 aliphatic rings. The topological polar surface area (TPSA) is 52.6 Å². The standard InChI is InChI=1S/C15H32N2O2/c1-12(9-14(2,3)4)8-13(18)16-10-15(5,19)11-17(6)7/h12,19H,8-11H2,1-7H3,(H,16,18). The van der Waals surface area contributed by atoms with Crippen LogP contribution >= 0.6 is 0 Å². The first-order chi connectivity index (χ1) is 8.41. The number of hydrogen-bond donors (Lipinski definition) is 2. The Labute approximate surface area is 118 Å². The normalized spacial score (nSPS) is 17.1. The van der Waals surface area contributed by atoms with E-state index in [0.717, 1.165) is 6.42 Å². The van der Waals surface area contributed by atoms with Crippen molar-refractivity contribution in [1.82, 2.24) is 10.2 Å². The van der Waals surface area contributed by atoms with Gasteiger partial charge in [-0.1, -0.05) is 27.7 Å². The quantitative estimate of drug-likeness (QED) is 0.744. The Balaban J connectivity index is 4.05. The lowest BCUT2D eigenvalue weighted by Gasteiger charge is -2.27. The van der Waals surface area contributed by atoms with Crippen LogP contribution in [0.25, 0.3) is 0 Å². The number of nitrogens with one attached hydrogen (secondary N) is 1. The molecule has 0 bridgehead atoms. The molecule has 114 valence electrons. The van der Waals surface area contributed by atoms with E-state index in [2.05, 4.69) is 33.0 Å². The number of aliphatic hydroxyl groups is 1. The van der Waals surface area contributed by atoms with Gasteiger partial charge >= 0.3 is 0 Å². The third-order valence-electron chi connectivity index (χ3n) is 2.82. The first kappa shape index (κ1) is 18.4. The highest BCUT2D eigenvalue weighted by molar-refractivity contribution is 5.76. The maximum absolute atomic E-state index is 11.8. The van der Waals surface area contributed by atoms with Crippen molar-refractivity contribution < 1.29 is 9.90 Å². The van der Waals surface area contributed by atoms with Crippen molar-refractivity contribution in [2.24, 2.45) is 11.3 Å². The molecule has 4 heteroatoms. The molecule has 0 saturated heterocycles. The zero-order chi connectivity index (χ0) is 15.3. The molecule has 0 aromatic heterocycles. The fourth-order valence-electron chi connectivity index (χ4n) is 2.53. The molecule has 19 heavy (non-hydrogen) atoms. The van der Waals surface area contributed by atoms with Crippen LogP contribution in [0, 0.1) is 11.3 Å². The fourth-order valence-corrected chi connectivity index (χ4v) is 2.53. The first-order valence-corrected chi connectivity index (χ1v) is 7.05. The summed E-state index contributed by atoms with van der Waals surface area (Å²) in [5, 5.41) is 12.9. The van der Waals surface area contributed by atoms with Crippen molar-refractivity contribution in [3.63, 3.8) is 0 Å². The van der Waals surface area contributed by atoms with E-state index >= 15 is 0 Å². The van der Waals surface area contributed by atoms with Gasteiger partial charge in [0.15, 0.2) is 0 Å². The molecule has 0 fully saturated rings. The number of amides is 1. The average Bonchev–Trinajstić information content (AvgIpc) is 2.09. The summed E-state index contributed by atoms with van der Waals surface area (Å²) in [7, 11) is 3.81. The number of rotatable bonds is 7. The molecule has 0 aromatic carbocycles. The summed E-state index contributed by atoms with van der Waals surface area (Å²) in [6.07, 6.45) is 1.55. The van der Waals surface area contributed by atoms with Gasteiger partial charge in [0.25, 0.3) is 0 Å². The van der Waals surface area contributed by atoms with E-state index in [9.17, 15) is 9.90 Å². The molecule has 1 amide bonds. The molecule has 0 rings (SSSR count). The molecule has 0 radical (unpaired) electrons. The zero-order valence-electron chi connectivity index (χ0n) is 13.7. The molecule has 2 unspecified atom stereocenters. The Kier molecular flexibility index (Phi) is 7.01. The third kappa shape index (κ3) is 11.0. The van der Waals surface area contributed by atoms with Gasteiger partial charge in [0.2, 0.25) is 5.91 Å². The van der Waals surface area contributed by atoms with Gasteiger partial charge in [-0.05, 0) is 38.8 Å². The number of hydrogen-bond acceptors (Lipinski definition) is 3. The lowest BCUT2D eigenvalue weighted by molar-refractivity contribution is -0.123. The summed E-state index contributed by atoms with van der Waals surface area (Å²) in [4.78, 5) is 13.7. The van der Waals surface area contributed by atoms with E-state index in [0.29, 0.717) is 25.4 Å². The molecule has 0 spiro atoms. The van der Waals surface area contributed by atoms with E-state index in [1.165, 1.54) is 0 Å². The van der Waals surface area contributed by atoms with Crippen LogP contribution < -0.4 is 5.32 Å². The van der Waals surface area contributed by atoms with Crippen molar-refractivity contribution in [2.45, 2.75) is 53.1 Å². The summed E-state index contributed by atoms with van der Waals surface area (Å²) >= 11 is 0. The Morgan fingerprint density at radius 2 is 1.79 bits per heavy atom. The predicted octanol–water partition coefficient (Wildman–Crippen LogP) is 1.88. The summed E-state index contributed by atoms with van der Waals surface area (Å²) in [5.41, 5.74) is -0.636. The number of nitrogens with zero attached hydrogens (tertiary/aromatic N) is 1. The van der Waals surface area contributed by atoms with Gasteiger partial charge in [0.1, 0.15) is 0 Å². The zero-order valence-corrected chi connectivity index (χ0v) is 13.7. The molecule has 0 aliphatic carbocycles. The van der Waals surface area contributed by atoms with Gasteiger partial charge in [0.05, 0.1) is 5.60 Å². The fraction of sp³-hybridized carbons (Fsp3) is 0.933. The van der Waals surface area contributed by atoms with Crippen LogP contribution in [0.2, 0.25) is 0 Å². The summed E-state index contributed by atoms with van der Waals surface area (Å²) in [6, 6.07) is 0. The Bertz CT molecular complexity index is 280. The second-order valence-corrected chi connectivity index (χ2v) is 7.59. The molecule has 4 nitrogen and oxygen atoms in total. The van der Waals surface area contributed by atoms with Crippen molar-refractivity contribution in [1.29, 1.82) is 0 Å². The van der Waals surface area contributed by atoms with E-state index in [1.807, 2.05) is 19.0 Å². The molecular formula is C15H32N2O2. The minimum Gasteiger partial charge on any atom is -0.387 e. The number of carbonyl (C=O) groups excluding carboxylic acids is 1. The largest absolute Gasteiger partial charge is 0.387 e. The molecule has 2 N–H and O–H groups in total. The Hall–Kier alpha value is -0.610. The summed E-state index contributed by atoms with van der Waals surface area (Å²) in [5.74, 6) is 0.384. The second-order valence-electron chi connectivity index (χ2n) is 7.59. The smallest absolute Gasteiger partial charge is 0.220 e. The summed E-state index contributed by atoms with van der Waals surface area (Å²) in [6.45, 7) is 11.2. The van der Waals surface area contributed by atoms with Gasteiger partial charge < -0.3 is 15.3 Å². The van der Waals surface area contributed by atoms with Crippen molar-refractivity contribution in [3.05, 3.63) is 0 Å². The van der Waals surface area contributed by atoms with Crippen molar-refractivity contribution >= 4 is 5.91 Å². The van der Waals surface area contributed by atoms with Crippen LogP contribution in [-0.4, -0.2) is 48.7 Å². The summed E-state index contributed by atoms with van der Waals surface area (Å²) < 4.78 is 0. The highest BCUT2D eigenvalue weighted by atomic mass is 16.3. The molecule has 2 atom stereocenters. The number of likely N-dealkylation sites (N-methyl/N-ethyl adjacent to an activating group) is 1. The van der Waals surface area contributed by atoms with Gasteiger partial charge in [-0.2, -0.15) is 0 Å². The maximum atomic E-state index is 11.8. The molecule has 0 heterocycles. The van der Waals surface area contributed by atoms with Crippen LogP contribution in [0.3, 0.4) is 0 Å². The molecule has 0 saturated carbocycles. The maximum Gasteiger partial charge on any atom is 0.220 e. The van der Waals surface area contributed by atoms with Gasteiger partial charge in [-0.15, -0.1) is 0 Å². The lowest BCUT2D eigenvalue weighted by Crippen LogP contribution is -2.47. The van der Waals surface area contributed by atoms with Crippen molar-refractivity contribution in [3.8, 4) is 0 Å². The van der Waals surface area contributed by atoms with Crippen LogP contribution in [0.1, 0.15) is 47.5 Å². The van der Waals surface area contributed by atoms with Crippen LogP contribution in [-0.2, 0) is 4.79 Å². The van der Waals surface area contributed by atoms with Crippen molar-refractivity contribution in [2.75, 3.05) is 27.2 Å². The van der Waals surface area contributed by atoms with E-state index in [4.69, 9.17) is 0 Å². The average molecular weight is 272 g/mol. The molecule has 0 aliphatic heterocycles. The first-order valence-electron chi connectivity index (χ1n) is 7.05. The van der Waals surface area contributed by atoms with Crippen LogP contribution in [0.4, 0.5) is 0 Å². The van der Waals surface area contributed by atoms with E-state index in [-0.39, 0.29) is 11.3 Å². The minimum absolute atomic E-state index is 0.0239.